The van der Waals surface area contributed by atoms with Gasteiger partial charge in [0.25, 0.3) is 0 Å². The van der Waals surface area contributed by atoms with E-state index >= 15 is 0 Å². The predicted molar refractivity (Wildman–Crippen MR) is 122 cm³/mol. The van der Waals surface area contributed by atoms with Crippen LogP contribution in [0.15, 0.2) is 71.8 Å². The number of benzene rings is 2. The Morgan fingerprint density at radius 3 is 2.63 bits per heavy atom. The van der Waals surface area contributed by atoms with Crippen molar-refractivity contribution in [2.75, 3.05) is 12.1 Å². The smallest absolute Gasteiger partial charge is 0.344 e. The lowest BCUT2D eigenvalue weighted by atomic mass is 9.96. The van der Waals surface area contributed by atoms with Gasteiger partial charge in [-0.3, -0.25) is 0 Å². The van der Waals surface area contributed by atoms with Crippen LogP contribution in [-0.2, 0) is 16.0 Å². The van der Waals surface area contributed by atoms with E-state index in [2.05, 4.69) is 4.98 Å². The first-order chi connectivity index (χ1) is 14.5. The minimum absolute atomic E-state index is 0.222. The normalized spacial score (nSPS) is 13.9. The molecule has 2 atom stereocenters. The van der Waals surface area contributed by atoms with Crippen LogP contribution < -0.4 is 4.89 Å². The van der Waals surface area contributed by atoms with Gasteiger partial charge in [0, 0.05) is 12.0 Å². The molecule has 0 amide bonds. The predicted octanol–water partition coefficient (Wildman–Crippen LogP) is 4.34. The number of fused-ring (bicyclic) bond motifs is 1. The molecule has 156 valence electrons. The van der Waals surface area contributed by atoms with Gasteiger partial charge in [-0.15, -0.1) is 0 Å². The molecule has 0 fully saturated rings. The summed E-state index contributed by atoms with van der Waals surface area (Å²) < 4.78 is 5.63. The van der Waals surface area contributed by atoms with Crippen molar-refractivity contribution in [2.45, 2.75) is 30.4 Å². The summed E-state index contributed by atoms with van der Waals surface area (Å²) in [5.41, 5.74) is 0.559. The van der Waals surface area contributed by atoms with Crippen LogP contribution in [-0.4, -0.2) is 39.6 Å². The highest BCUT2D eigenvalue weighted by molar-refractivity contribution is 8.04. The molecule has 0 radical (unpaired) electrons. The number of hydrogen-bond acceptors (Lipinski definition) is 5. The van der Waals surface area contributed by atoms with Crippen molar-refractivity contribution in [1.29, 1.82) is 0 Å². The van der Waals surface area contributed by atoms with Crippen LogP contribution >= 0.6 is 19.5 Å². The Morgan fingerprint density at radius 1 is 1.17 bits per heavy atom. The number of carboxylic acid groups (broad SMARTS) is 1. The summed E-state index contributed by atoms with van der Waals surface area (Å²) in [4.78, 5) is 29.4. The number of carboxylic acids is 1. The molecule has 7 heteroatoms. The Balaban J connectivity index is 1.73. The number of nitrogens with zero attached hydrogens (tertiary/aromatic N) is 1. The van der Waals surface area contributed by atoms with Crippen molar-refractivity contribution in [3.8, 4) is 0 Å². The fourth-order valence-corrected chi connectivity index (χ4v) is 5.60. The maximum atomic E-state index is 12.8. The number of carbonyl (C=O) groups is 1. The third-order valence-corrected chi connectivity index (χ3v) is 7.42. The summed E-state index contributed by atoms with van der Waals surface area (Å²) in [6.07, 6.45) is 0.742. The van der Waals surface area contributed by atoms with E-state index in [4.69, 9.17) is 4.74 Å². The van der Waals surface area contributed by atoms with Crippen molar-refractivity contribution in [1.82, 2.24) is 4.98 Å². The third-order valence-electron chi connectivity index (χ3n) is 4.66. The van der Waals surface area contributed by atoms with Crippen molar-refractivity contribution < 1.29 is 19.5 Å². The number of thioether (sulfide) groups is 1. The van der Waals surface area contributed by atoms with Gasteiger partial charge in [-0.1, -0.05) is 66.4 Å². The zero-order valence-corrected chi connectivity index (χ0v) is 18.4. The minimum atomic E-state index is -1.92. The van der Waals surface area contributed by atoms with Gasteiger partial charge in [-0.25, -0.2) is 9.78 Å². The van der Waals surface area contributed by atoms with Crippen LogP contribution in [0.1, 0.15) is 18.9 Å². The highest BCUT2D eigenvalue weighted by Gasteiger charge is 2.40. The molecule has 0 saturated heterocycles. The lowest BCUT2D eigenvalue weighted by Gasteiger charge is -2.24. The van der Waals surface area contributed by atoms with Crippen LogP contribution in [0, 0.1) is 0 Å². The van der Waals surface area contributed by atoms with Crippen LogP contribution in [0.2, 0.25) is 0 Å². The third kappa shape index (κ3) is 5.89. The molecule has 30 heavy (non-hydrogen) atoms. The Labute approximate surface area is 181 Å². The molecule has 3 rings (SSSR count). The molecule has 0 saturated carbocycles. The summed E-state index contributed by atoms with van der Waals surface area (Å²) >= 11 is 1.35. The number of aliphatic carboxylic acids is 1. The second-order valence-electron chi connectivity index (χ2n) is 6.78. The monoisotopic (exact) mass is 441 g/mol. The number of hydrogen-bond donors (Lipinski definition) is 1. The Morgan fingerprint density at radius 2 is 1.90 bits per heavy atom. The highest BCUT2D eigenvalue weighted by Crippen LogP contribution is 2.30. The average Bonchev–Trinajstić information content (AvgIpc) is 2.76. The molecule has 1 heterocycles. The van der Waals surface area contributed by atoms with Gasteiger partial charge in [-0.05, 0) is 37.5 Å². The van der Waals surface area contributed by atoms with Gasteiger partial charge in [-0.2, -0.15) is 0 Å². The molecule has 2 aromatic carbocycles. The molecular formula is C23H24NO4PS. The van der Waals surface area contributed by atoms with E-state index in [0.717, 1.165) is 21.5 Å². The Hall–Kier alpha value is -2.24. The van der Waals surface area contributed by atoms with E-state index in [1.165, 1.54) is 17.6 Å². The standard InChI is InChI=1S/C23H24NO4PS/c1-2-28-23(22(25)26,15-14-18-8-4-3-5-9-18)16-29(27)17-30-21-13-12-19-10-6-7-11-20(19)24-21/h3-13,16H,2,14-15,17H2,1H3,(H,25,26). The number of pyridine rings is 1. The molecule has 1 aromatic heterocycles. The molecule has 0 aliphatic carbocycles. The SMILES string of the molecule is CCOC(C=[P+]([O-])CSc1ccc2ccccc2n1)(CCc1ccccc1)C(=O)O. The van der Waals surface area contributed by atoms with Crippen molar-refractivity contribution in [3.63, 3.8) is 0 Å². The summed E-state index contributed by atoms with van der Waals surface area (Å²) in [6.45, 7) is 1.97. The summed E-state index contributed by atoms with van der Waals surface area (Å²) in [7, 11) is -1.92. The van der Waals surface area contributed by atoms with Gasteiger partial charge in [0.15, 0.2) is 5.49 Å². The number of rotatable bonds is 10. The second-order valence-corrected chi connectivity index (χ2v) is 9.61. The number of para-hydroxylation sites is 1. The molecule has 0 aliphatic heterocycles. The summed E-state index contributed by atoms with van der Waals surface area (Å²) in [5.74, 6) is 0.253. The summed E-state index contributed by atoms with van der Waals surface area (Å²) in [5, 5.41) is 11.7. The minimum Gasteiger partial charge on any atom is -0.630 e. The van der Waals surface area contributed by atoms with Crippen molar-refractivity contribution in [2.24, 2.45) is 0 Å². The van der Waals surface area contributed by atoms with Crippen LogP contribution in [0.3, 0.4) is 0 Å². The first-order valence-corrected chi connectivity index (χ1v) is 12.2. The second kappa shape index (κ2) is 10.7. The number of ether oxygens (including phenoxy) is 1. The molecule has 0 spiro atoms. The molecule has 3 aromatic rings. The quantitative estimate of drug-likeness (QED) is 0.372. The van der Waals surface area contributed by atoms with E-state index < -0.39 is 19.3 Å². The fraction of sp³-hybridized carbons (Fsp3) is 0.261. The van der Waals surface area contributed by atoms with Gasteiger partial charge >= 0.3 is 5.97 Å². The highest BCUT2D eigenvalue weighted by atomic mass is 32.2. The zero-order valence-electron chi connectivity index (χ0n) is 16.7. The number of aromatic nitrogens is 1. The maximum absolute atomic E-state index is 12.8. The van der Waals surface area contributed by atoms with Crippen LogP contribution in [0.25, 0.3) is 10.9 Å². The van der Waals surface area contributed by atoms with E-state index in [9.17, 15) is 14.8 Å². The Kier molecular flexibility index (Phi) is 8.00. The largest absolute Gasteiger partial charge is 0.630 e. The molecular weight excluding hydrogens is 417 g/mol. The van der Waals surface area contributed by atoms with Gasteiger partial charge < -0.3 is 14.7 Å². The van der Waals surface area contributed by atoms with Crippen molar-refractivity contribution in [3.05, 3.63) is 72.3 Å². The van der Waals surface area contributed by atoms with Gasteiger partial charge in [0.2, 0.25) is 5.60 Å². The topological polar surface area (TPSA) is 82.5 Å². The zero-order chi connectivity index (χ0) is 21.4. The molecule has 2 unspecified atom stereocenters. The fourth-order valence-electron chi connectivity index (χ4n) is 3.16. The molecule has 0 bridgehead atoms. The lowest BCUT2D eigenvalue weighted by Crippen LogP contribution is -2.44. The first kappa shape index (κ1) is 22.4. The maximum Gasteiger partial charge on any atom is 0.344 e. The first-order valence-electron chi connectivity index (χ1n) is 9.72. The van der Waals surface area contributed by atoms with E-state index in [-0.39, 0.29) is 18.5 Å². The molecule has 1 N–H and O–H groups in total. The van der Waals surface area contributed by atoms with Crippen LogP contribution in [0.4, 0.5) is 0 Å². The van der Waals surface area contributed by atoms with Crippen molar-refractivity contribution >= 4 is 42.2 Å². The summed E-state index contributed by atoms with van der Waals surface area (Å²) in [6, 6.07) is 21.3. The van der Waals surface area contributed by atoms with Gasteiger partial charge in [0.1, 0.15) is 10.8 Å². The molecule has 5 nitrogen and oxygen atoms in total. The lowest BCUT2D eigenvalue weighted by molar-refractivity contribution is -0.159. The van der Waals surface area contributed by atoms with E-state index in [0.29, 0.717) is 6.42 Å². The average molecular weight is 441 g/mol. The Bertz CT molecular complexity index is 1030. The van der Waals surface area contributed by atoms with Crippen LogP contribution in [0.5, 0.6) is 0 Å². The molecule has 0 aliphatic rings. The number of aryl methyl sites for hydroxylation is 1. The van der Waals surface area contributed by atoms with E-state index in [1.807, 2.05) is 66.7 Å². The van der Waals surface area contributed by atoms with Gasteiger partial charge in [0.05, 0.1) is 13.3 Å². The van der Waals surface area contributed by atoms with E-state index in [1.54, 1.807) is 6.92 Å².